The first-order chi connectivity index (χ1) is 13.5. The van der Waals surface area contributed by atoms with Crippen molar-refractivity contribution in [1.82, 2.24) is 4.90 Å². The van der Waals surface area contributed by atoms with Crippen LogP contribution in [0.25, 0.3) is 0 Å². The summed E-state index contributed by atoms with van der Waals surface area (Å²) in [4.78, 5) is 42.4. The van der Waals surface area contributed by atoms with Crippen molar-refractivity contribution in [3.63, 3.8) is 0 Å². The molecule has 2 saturated carbocycles. The van der Waals surface area contributed by atoms with Gasteiger partial charge in [-0.1, -0.05) is 25.1 Å². The van der Waals surface area contributed by atoms with Gasteiger partial charge in [-0.05, 0) is 42.2 Å². The Labute approximate surface area is 163 Å². The minimum Gasteiger partial charge on any atom is -0.469 e. The van der Waals surface area contributed by atoms with E-state index in [0.717, 1.165) is 30.5 Å². The molecule has 3 aliphatic heterocycles. The van der Waals surface area contributed by atoms with Crippen molar-refractivity contribution in [3.05, 3.63) is 29.8 Å². The summed E-state index contributed by atoms with van der Waals surface area (Å²) in [6, 6.07) is 8.11. The zero-order valence-corrected chi connectivity index (χ0v) is 16.2. The highest BCUT2D eigenvalue weighted by atomic mass is 16.5. The summed E-state index contributed by atoms with van der Waals surface area (Å²) in [6.45, 7) is 2.91. The highest BCUT2D eigenvalue weighted by molar-refractivity contribution is 5.93. The van der Waals surface area contributed by atoms with E-state index in [2.05, 4.69) is 17.9 Å². The van der Waals surface area contributed by atoms with Crippen LogP contribution in [-0.2, 0) is 24.5 Å². The van der Waals surface area contributed by atoms with Gasteiger partial charge in [0, 0.05) is 30.1 Å². The first-order valence-electron chi connectivity index (χ1n) is 10.2. The van der Waals surface area contributed by atoms with Gasteiger partial charge >= 0.3 is 5.97 Å². The number of carbonyl (C=O) groups is 3. The average Bonchev–Trinajstić information content (AvgIpc) is 3.37. The van der Waals surface area contributed by atoms with Crippen LogP contribution in [0.1, 0.15) is 38.2 Å². The summed E-state index contributed by atoms with van der Waals surface area (Å²) in [5, 5.41) is 0. The molecule has 0 aromatic heterocycles. The minimum atomic E-state index is -0.657. The van der Waals surface area contributed by atoms with Gasteiger partial charge in [-0.2, -0.15) is 0 Å². The van der Waals surface area contributed by atoms with E-state index in [1.807, 2.05) is 23.1 Å². The molecule has 6 atom stereocenters. The lowest BCUT2D eigenvalue weighted by Crippen LogP contribution is -2.66. The third kappa shape index (κ3) is 1.30. The lowest BCUT2D eigenvalue weighted by atomic mass is 9.56. The molecule has 1 aromatic carbocycles. The number of anilines is 1. The Balaban J connectivity index is 1.73. The van der Waals surface area contributed by atoms with Crippen molar-refractivity contribution in [2.24, 2.45) is 17.3 Å². The van der Waals surface area contributed by atoms with Crippen molar-refractivity contribution in [3.8, 4) is 0 Å². The Morgan fingerprint density at radius 3 is 2.82 bits per heavy atom. The third-order valence-electron chi connectivity index (χ3n) is 9.18. The number of hydrogen-bond acceptors (Lipinski definition) is 4. The second-order valence-electron chi connectivity index (χ2n) is 9.26. The van der Waals surface area contributed by atoms with E-state index in [0.29, 0.717) is 19.4 Å². The molecule has 2 aliphatic carbocycles. The molecule has 28 heavy (non-hydrogen) atoms. The summed E-state index contributed by atoms with van der Waals surface area (Å²) >= 11 is 0. The number of para-hydroxylation sites is 1. The molecule has 5 aliphatic rings. The molecule has 3 spiro atoms. The number of ether oxygens (including phenoxy) is 1. The van der Waals surface area contributed by atoms with Gasteiger partial charge in [0.25, 0.3) is 0 Å². The van der Waals surface area contributed by atoms with Crippen LogP contribution in [0.15, 0.2) is 24.3 Å². The molecule has 6 nitrogen and oxygen atoms in total. The van der Waals surface area contributed by atoms with Crippen LogP contribution in [0.5, 0.6) is 0 Å². The maximum Gasteiger partial charge on any atom is 0.311 e. The molecular weight excluding hydrogens is 356 g/mol. The number of nitrogens with zero attached hydrogens (tertiary/aromatic N) is 2. The number of fused-ring (bicyclic) bond motifs is 1. The maximum absolute atomic E-state index is 13.1. The molecule has 146 valence electrons. The van der Waals surface area contributed by atoms with E-state index in [9.17, 15) is 14.4 Å². The molecule has 2 amide bonds. The Bertz CT molecular complexity index is 946. The minimum absolute atomic E-state index is 0.0586. The topological polar surface area (TPSA) is 66.9 Å². The number of methoxy groups -OCH3 is 1. The molecule has 1 aromatic rings. The second-order valence-corrected chi connectivity index (χ2v) is 9.26. The summed E-state index contributed by atoms with van der Waals surface area (Å²) < 4.78 is 5.27. The van der Waals surface area contributed by atoms with E-state index in [-0.39, 0.29) is 35.2 Å². The zero-order chi connectivity index (χ0) is 19.5. The van der Waals surface area contributed by atoms with Crippen LogP contribution in [0.3, 0.4) is 0 Å². The predicted molar refractivity (Wildman–Crippen MR) is 100 cm³/mol. The smallest absolute Gasteiger partial charge is 0.311 e. The fourth-order valence-corrected chi connectivity index (χ4v) is 8.65. The molecule has 2 bridgehead atoms. The van der Waals surface area contributed by atoms with Crippen LogP contribution >= 0.6 is 0 Å². The first-order valence-corrected chi connectivity index (χ1v) is 10.2. The standard InChI is InChI=1S/C22H24N2O4/c1-13-20-8-7-17(26)23-10-9-21(19(20)23)14-5-3-4-6-16(14)24(12-25)22(13,21)15(11-20)18(27)28-2/h3-6,12-13,15,19H,7-11H2,1-2H3/t13-,15+,19+,20+,21-,22+/m1/s1. The van der Waals surface area contributed by atoms with Crippen molar-refractivity contribution < 1.29 is 19.1 Å². The number of piperidine rings is 1. The Hall–Kier alpha value is -2.37. The summed E-state index contributed by atoms with van der Waals surface area (Å²) in [5.41, 5.74) is 0.838. The van der Waals surface area contributed by atoms with E-state index in [4.69, 9.17) is 4.74 Å². The lowest BCUT2D eigenvalue weighted by Gasteiger charge is -2.52. The zero-order valence-electron chi connectivity index (χ0n) is 16.2. The highest BCUT2D eigenvalue weighted by Gasteiger charge is 2.88. The van der Waals surface area contributed by atoms with Gasteiger partial charge in [0.15, 0.2) is 0 Å². The van der Waals surface area contributed by atoms with E-state index in [1.165, 1.54) is 7.11 Å². The fraction of sp³-hybridized carbons (Fsp3) is 0.591. The van der Waals surface area contributed by atoms with Crippen molar-refractivity contribution >= 4 is 24.0 Å². The number of carbonyl (C=O) groups excluding carboxylic acids is 3. The number of benzene rings is 1. The average molecular weight is 380 g/mol. The maximum atomic E-state index is 13.1. The molecule has 6 heteroatoms. The molecule has 0 unspecified atom stereocenters. The summed E-state index contributed by atoms with van der Waals surface area (Å²) in [5.74, 6) is -0.257. The first kappa shape index (κ1) is 16.6. The van der Waals surface area contributed by atoms with Crippen LogP contribution in [-0.4, -0.2) is 48.4 Å². The molecule has 4 fully saturated rings. The van der Waals surface area contributed by atoms with E-state index < -0.39 is 11.0 Å². The van der Waals surface area contributed by atoms with Gasteiger partial charge in [-0.3, -0.25) is 14.4 Å². The Morgan fingerprint density at radius 1 is 1.29 bits per heavy atom. The number of amides is 2. The highest BCUT2D eigenvalue weighted by Crippen LogP contribution is 2.81. The quantitative estimate of drug-likeness (QED) is 0.580. The molecular formula is C22H24N2O4. The van der Waals surface area contributed by atoms with Gasteiger partial charge < -0.3 is 14.5 Å². The van der Waals surface area contributed by atoms with Gasteiger partial charge in [0.05, 0.1) is 18.6 Å². The Kier molecular flexibility index (Phi) is 2.83. The molecule has 2 saturated heterocycles. The Morgan fingerprint density at radius 2 is 2.07 bits per heavy atom. The van der Waals surface area contributed by atoms with Crippen molar-refractivity contribution in [1.29, 1.82) is 0 Å². The molecule has 3 heterocycles. The SMILES string of the molecule is COC(=O)[C@@H]1C[C@@]23CCC(=O)N4CC[C@@]5(c6ccccc6N(C=O)[C@@]15[C@@H]2C)[C@@H]43. The molecule has 0 N–H and O–H groups in total. The monoisotopic (exact) mass is 380 g/mol. The number of hydrogen-bond donors (Lipinski definition) is 0. The van der Waals surface area contributed by atoms with Crippen LogP contribution in [0.2, 0.25) is 0 Å². The normalized spacial score (nSPS) is 44.4. The van der Waals surface area contributed by atoms with Crippen molar-refractivity contribution in [2.75, 3.05) is 18.6 Å². The molecule has 0 radical (unpaired) electrons. The van der Waals surface area contributed by atoms with Gasteiger partial charge in [0.2, 0.25) is 12.3 Å². The third-order valence-corrected chi connectivity index (χ3v) is 9.18. The van der Waals surface area contributed by atoms with E-state index >= 15 is 0 Å². The fourth-order valence-electron chi connectivity index (χ4n) is 8.65. The van der Waals surface area contributed by atoms with Crippen LogP contribution < -0.4 is 4.90 Å². The number of rotatable bonds is 2. The summed E-state index contributed by atoms with van der Waals surface area (Å²) in [6.07, 6.45) is 3.73. The lowest BCUT2D eigenvalue weighted by molar-refractivity contribution is -0.152. The van der Waals surface area contributed by atoms with Crippen LogP contribution in [0, 0.1) is 17.3 Å². The van der Waals surface area contributed by atoms with Gasteiger partial charge in [-0.15, -0.1) is 0 Å². The van der Waals surface area contributed by atoms with Gasteiger partial charge in [0.1, 0.15) is 0 Å². The van der Waals surface area contributed by atoms with Gasteiger partial charge in [-0.25, -0.2) is 0 Å². The number of esters is 1. The molecule has 6 rings (SSSR count). The summed E-state index contributed by atoms with van der Waals surface area (Å²) in [7, 11) is 1.44. The van der Waals surface area contributed by atoms with E-state index in [1.54, 1.807) is 0 Å². The van der Waals surface area contributed by atoms with Crippen molar-refractivity contribution in [2.45, 2.75) is 49.6 Å². The predicted octanol–water partition coefficient (Wildman–Crippen LogP) is 1.86. The largest absolute Gasteiger partial charge is 0.469 e. The van der Waals surface area contributed by atoms with Crippen LogP contribution in [0.4, 0.5) is 5.69 Å². The second kappa shape index (κ2) is 4.78.